The van der Waals surface area contributed by atoms with Gasteiger partial charge in [-0.25, -0.2) is 0 Å². The Labute approximate surface area is 155 Å². The molecule has 3 rings (SSSR count). The lowest BCUT2D eigenvalue weighted by atomic mass is 10.00. The second-order valence-corrected chi connectivity index (χ2v) is 7.45. The van der Waals surface area contributed by atoms with Gasteiger partial charge in [-0.05, 0) is 36.8 Å². The number of aromatic amines is 1. The summed E-state index contributed by atoms with van der Waals surface area (Å²) in [5.41, 5.74) is 2.33. The summed E-state index contributed by atoms with van der Waals surface area (Å²) in [5.74, 6) is 0.790. The summed E-state index contributed by atoms with van der Waals surface area (Å²) in [7, 11) is 0. The molecular weight excluding hydrogens is 326 g/mol. The minimum Gasteiger partial charge on any atom is -0.361 e. The first-order chi connectivity index (χ1) is 12.5. The van der Waals surface area contributed by atoms with Crippen molar-refractivity contribution >= 4 is 22.7 Å². The molecule has 1 saturated heterocycles. The van der Waals surface area contributed by atoms with Gasteiger partial charge in [0.1, 0.15) is 0 Å². The van der Waals surface area contributed by atoms with Crippen molar-refractivity contribution in [2.75, 3.05) is 26.2 Å². The number of para-hydroxylation sites is 1. The van der Waals surface area contributed by atoms with Crippen LogP contribution in [-0.2, 0) is 16.0 Å². The molecule has 1 N–H and O–H groups in total. The highest BCUT2D eigenvalue weighted by molar-refractivity contribution is 5.83. The van der Waals surface area contributed by atoms with Crippen molar-refractivity contribution in [2.45, 2.75) is 39.5 Å². The van der Waals surface area contributed by atoms with Crippen molar-refractivity contribution < 1.29 is 9.59 Å². The summed E-state index contributed by atoms with van der Waals surface area (Å²) >= 11 is 0. The van der Waals surface area contributed by atoms with Crippen LogP contribution in [0.2, 0.25) is 0 Å². The van der Waals surface area contributed by atoms with Crippen LogP contribution < -0.4 is 0 Å². The number of hydrogen-bond donors (Lipinski definition) is 1. The third-order valence-electron chi connectivity index (χ3n) is 5.38. The minimum absolute atomic E-state index is 0.0321. The van der Waals surface area contributed by atoms with Gasteiger partial charge in [-0.1, -0.05) is 25.1 Å². The third kappa shape index (κ3) is 4.45. The number of benzene rings is 1. The zero-order valence-corrected chi connectivity index (χ0v) is 15.8. The van der Waals surface area contributed by atoms with Crippen molar-refractivity contribution in [3.8, 4) is 0 Å². The van der Waals surface area contributed by atoms with E-state index < -0.39 is 0 Å². The molecule has 0 spiro atoms. The smallest absolute Gasteiger partial charge is 0.224 e. The summed E-state index contributed by atoms with van der Waals surface area (Å²) in [6.45, 7) is 6.64. The monoisotopic (exact) mass is 355 g/mol. The van der Waals surface area contributed by atoms with E-state index in [-0.39, 0.29) is 11.8 Å². The Balaban J connectivity index is 1.54. The van der Waals surface area contributed by atoms with E-state index in [9.17, 15) is 9.59 Å². The van der Waals surface area contributed by atoms with Crippen molar-refractivity contribution in [3.05, 3.63) is 36.0 Å². The standard InChI is InChI=1S/C21H29N3O2/c1-16-6-5-11-24(15-16)21(26)10-13-23(17(2)25)12-9-18-14-22-20-8-4-3-7-19(18)20/h3-4,7-8,14,16,22H,5-6,9-13,15H2,1-2H3. The van der Waals surface area contributed by atoms with Gasteiger partial charge in [-0.2, -0.15) is 0 Å². The number of aromatic nitrogens is 1. The molecule has 0 aliphatic carbocycles. The number of piperidine rings is 1. The normalized spacial score (nSPS) is 17.5. The van der Waals surface area contributed by atoms with Gasteiger partial charge < -0.3 is 14.8 Å². The fraction of sp³-hybridized carbons (Fsp3) is 0.524. The van der Waals surface area contributed by atoms with Crippen LogP contribution in [0.3, 0.4) is 0 Å². The van der Waals surface area contributed by atoms with E-state index in [1.165, 1.54) is 17.4 Å². The fourth-order valence-corrected chi connectivity index (χ4v) is 3.83. The zero-order chi connectivity index (χ0) is 18.5. The molecular formula is C21H29N3O2. The molecule has 1 aromatic heterocycles. The molecule has 5 heteroatoms. The van der Waals surface area contributed by atoms with Gasteiger partial charge in [-0.15, -0.1) is 0 Å². The molecule has 140 valence electrons. The number of likely N-dealkylation sites (tertiary alicyclic amines) is 1. The van der Waals surface area contributed by atoms with E-state index in [0.29, 0.717) is 25.4 Å². The zero-order valence-electron chi connectivity index (χ0n) is 15.8. The number of rotatable bonds is 6. The van der Waals surface area contributed by atoms with E-state index in [2.05, 4.69) is 24.0 Å². The van der Waals surface area contributed by atoms with Crippen LogP contribution in [0, 0.1) is 5.92 Å². The van der Waals surface area contributed by atoms with Gasteiger partial charge in [0.2, 0.25) is 11.8 Å². The van der Waals surface area contributed by atoms with Crippen LogP contribution >= 0.6 is 0 Å². The number of fused-ring (bicyclic) bond motifs is 1. The Kier molecular flexibility index (Phi) is 5.96. The lowest BCUT2D eigenvalue weighted by molar-refractivity contribution is -0.134. The molecule has 1 unspecified atom stereocenters. The summed E-state index contributed by atoms with van der Waals surface area (Å²) in [6.07, 6.45) is 5.51. The Morgan fingerprint density at radius 3 is 2.85 bits per heavy atom. The minimum atomic E-state index is 0.0321. The fourth-order valence-electron chi connectivity index (χ4n) is 3.83. The largest absolute Gasteiger partial charge is 0.361 e. The maximum Gasteiger partial charge on any atom is 0.224 e. The number of carbonyl (C=O) groups is 2. The molecule has 0 saturated carbocycles. The van der Waals surface area contributed by atoms with E-state index in [4.69, 9.17) is 0 Å². The molecule has 1 aliphatic heterocycles. The SMILES string of the molecule is CC(=O)N(CCC(=O)N1CCCC(C)C1)CCc1c[nH]c2ccccc12. The van der Waals surface area contributed by atoms with Crippen LogP contribution in [0.5, 0.6) is 0 Å². The van der Waals surface area contributed by atoms with Gasteiger partial charge >= 0.3 is 0 Å². The molecule has 1 fully saturated rings. The first-order valence-electron chi connectivity index (χ1n) is 9.63. The highest BCUT2D eigenvalue weighted by Crippen LogP contribution is 2.19. The highest BCUT2D eigenvalue weighted by Gasteiger charge is 2.21. The van der Waals surface area contributed by atoms with Crippen LogP contribution in [0.1, 0.15) is 38.7 Å². The predicted molar refractivity (Wildman–Crippen MR) is 104 cm³/mol. The van der Waals surface area contributed by atoms with E-state index in [1.54, 1.807) is 11.8 Å². The average molecular weight is 355 g/mol. The Hall–Kier alpha value is -2.30. The van der Waals surface area contributed by atoms with Crippen LogP contribution in [0.25, 0.3) is 10.9 Å². The Morgan fingerprint density at radius 1 is 1.27 bits per heavy atom. The molecule has 1 aliphatic rings. The second kappa shape index (κ2) is 8.39. The Morgan fingerprint density at radius 2 is 2.08 bits per heavy atom. The maximum absolute atomic E-state index is 12.5. The topological polar surface area (TPSA) is 56.4 Å². The van der Waals surface area contributed by atoms with Crippen LogP contribution in [0.4, 0.5) is 0 Å². The predicted octanol–water partition coefficient (Wildman–Crippen LogP) is 3.21. The number of H-pyrrole nitrogens is 1. The molecule has 2 heterocycles. The first-order valence-corrected chi connectivity index (χ1v) is 9.63. The summed E-state index contributed by atoms with van der Waals surface area (Å²) in [4.78, 5) is 31.5. The Bertz CT molecular complexity index is 767. The molecule has 2 amide bonds. The molecule has 0 bridgehead atoms. The summed E-state index contributed by atoms with van der Waals surface area (Å²) in [6, 6.07) is 8.19. The molecule has 2 aromatic rings. The van der Waals surface area contributed by atoms with E-state index in [1.807, 2.05) is 23.2 Å². The van der Waals surface area contributed by atoms with E-state index >= 15 is 0 Å². The van der Waals surface area contributed by atoms with Gasteiger partial charge in [0.15, 0.2) is 0 Å². The number of hydrogen-bond acceptors (Lipinski definition) is 2. The number of nitrogens with one attached hydrogen (secondary N) is 1. The number of nitrogens with zero attached hydrogens (tertiary/aromatic N) is 2. The van der Waals surface area contributed by atoms with Gasteiger partial charge in [-0.3, -0.25) is 9.59 Å². The lowest BCUT2D eigenvalue weighted by Crippen LogP contribution is -2.41. The third-order valence-corrected chi connectivity index (χ3v) is 5.38. The maximum atomic E-state index is 12.5. The quantitative estimate of drug-likeness (QED) is 0.865. The summed E-state index contributed by atoms with van der Waals surface area (Å²) in [5, 5.41) is 1.20. The molecule has 0 radical (unpaired) electrons. The molecule has 26 heavy (non-hydrogen) atoms. The van der Waals surface area contributed by atoms with Gasteiger partial charge in [0.05, 0.1) is 0 Å². The van der Waals surface area contributed by atoms with Gasteiger partial charge in [0, 0.05) is 56.6 Å². The molecule has 5 nitrogen and oxygen atoms in total. The average Bonchev–Trinajstić information content (AvgIpc) is 3.04. The number of amides is 2. The van der Waals surface area contributed by atoms with Crippen LogP contribution in [0.15, 0.2) is 30.5 Å². The first kappa shape index (κ1) is 18.5. The number of carbonyl (C=O) groups excluding carboxylic acids is 2. The lowest BCUT2D eigenvalue weighted by Gasteiger charge is -2.31. The van der Waals surface area contributed by atoms with Crippen molar-refractivity contribution in [1.29, 1.82) is 0 Å². The van der Waals surface area contributed by atoms with Crippen LogP contribution in [-0.4, -0.2) is 52.8 Å². The molecule has 1 aromatic carbocycles. The van der Waals surface area contributed by atoms with Crippen molar-refractivity contribution in [1.82, 2.24) is 14.8 Å². The second-order valence-electron chi connectivity index (χ2n) is 7.45. The van der Waals surface area contributed by atoms with Crippen molar-refractivity contribution in [2.24, 2.45) is 5.92 Å². The van der Waals surface area contributed by atoms with Gasteiger partial charge in [0.25, 0.3) is 0 Å². The van der Waals surface area contributed by atoms with E-state index in [0.717, 1.165) is 31.4 Å². The molecule has 1 atom stereocenters. The van der Waals surface area contributed by atoms with Crippen molar-refractivity contribution in [3.63, 3.8) is 0 Å². The summed E-state index contributed by atoms with van der Waals surface area (Å²) < 4.78 is 0. The highest BCUT2D eigenvalue weighted by atomic mass is 16.2.